The van der Waals surface area contributed by atoms with Gasteiger partial charge in [0, 0.05) is 26.1 Å². The van der Waals surface area contributed by atoms with Crippen molar-refractivity contribution in [1.82, 2.24) is 36.3 Å². The van der Waals surface area contributed by atoms with Crippen molar-refractivity contribution in [2.24, 2.45) is 5.92 Å². The lowest BCUT2D eigenvalue weighted by atomic mass is 10.0. The minimum absolute atomic E-state index is 0.0430. The van der Waals surface area contributed by atoms with Gasteiger partial charge in [0.15, 0.2) is 0 Å². The number of carboxylic acids is 1. The standard InChI is InChI=1S/C30H45N7O9/c1-19(2)15-24(33-30(44)25(32-21(4)38)16-22-5-7-23(39)8-6-22)29(43)34-26(17-27(40)41)28(42)31-9-11-45-13-14-46-12-10-37-18-20(3)35-36-37/h5-8,18-19,24-26,39H,9-17H2,1-4H3,(H,31,42)(H,32,38)(H,33,44)(H,34,43)(H,40,41)/t24-,25+,26+/m1/s1. The van der Waals surface area contributed by atoms with Crippen LogP contribution in [0.2, 0.25) is 0 Å². The topological polar surface area (TPSA) is 223 Å². The first kappa shape index (κ1) is 37.6. The second-order valence-corrected chi connectivity index (χ2v) is 11.1. The van der Waals surface area contributed by atoms with E-state index in [4.69, 9.17) is 9.47 Å². The molecule has 0 saturated carbocycles. The molecule has 0 bridgehead atoms. The van der Waals surface area contributed by atoms with Crippen molar-refractivity contribution in [3.8, 4) is 5.75 Å². The fraction of sp³-hybridized carbons (Fsp3) is 0.567. The predicted octanol–water partition coefficient (Wildman–Crippen LogP) is -0.321. The van der Waals surface area contributed by atoms with Crippen LogP contribution < -0.4 is 21.3 Å². The molecule has 0 aliphatic carbocycles. The number of amides is 4. The maximum atomic E-state index is 13.3. The van der Waals surface area contributed by atoms with Crippen molar-refractivity contribution in [3.63, 3.8) is 0 Å². The van der Waals surface area contributed by atoms with Crippen LogP contribution in [0.25, 0.3) is 0 Å². The number of aryl methyl sites for hydroxylation is 1. The molecule has 0 saturated heterocycles. The highest BCUT2D eigenvalue weighted by Gasteiger charge is 2.31. The summed E-state index contributed by atoms with van der Waals surface area (Å²) in [6.45, 7) is 8.50. The molecule has 1 aromatic heterocycles. The number of nitrogens with one attached hydrogen (secondary N) is 4. The zero-order valence-corrected chi connectivity index (χ0v) is 26.7. The quantitative estimate of drug-likeness (QED) is 0.0964. The number of carbonyl (C=O) groups is 5. The van der Waals surface area contributed by atoms with Crippen LogP contribution in [-0.2, 0) is 46.4 Å². The monoisotopic (exact) mass is 647 g/mol. The van der Waals surface area contributed by atoms with E-state index in [0.29, 0.717) is 25.3 Å². The van der Waals surface area contributed by atoms with Crippen molar-refractivity contribution in [2.75, 3.05) is 33.0 Å². The summed E-state index contributed by atoms with van der Waals surface area (Å²) in [6, 6.07) is 2.54. The number of hydrogen-bond donors (Lipinski definition) is 6. The van der Waals surface area contributed by atoms with Crippen molar-refractivity contribution in [3.05, 3.63) is 41.7 Å². The van der Waals surface area contributed by atoms with Crippen LogP contribution in [0.5, 0.6) is 5.75 Å². The van der Waals surface area contributed by atoms with Gasteiger partial charge in [-0.2, -0.15) is 0 Å². The van der Waals surface area contributed by atoms with Gasteiger partial charge in [0.25, 0.3) is 0 Å². The average molecular weight is 648 g/mol. The minimum atomic E-state index is -1.41. The molecule has 3 atom stereocenters. The van der Waals surface area contributed by atoms with E-state index in [1.54, 1.807) is 23.0 Å². The van der Waals surface area contributed by atoms with Gasteiger partial charge in [0.2, 0.25) is 23.6 Å². The Labute approximate surface area is 267 Å². The van der Waals surface area contributed by atoms with E-state index < -0.39 is 54.1 Å². The minimum Gasteiger partial charge on any atom is -0.508 e. The van der Waals surface area contributed by atoms with Crippen molar-refractivity contribution in [1.29, 1.82) is 0 Å². The van der Waals surface area contributed by atoms with Crippen LogP contribution in [0.3, 0.4) is 0 Å². The highest BCUT2D eigenvalue weighted by Crippen LogP contribution is 2.12. The fourth-order valence-electron chi connectivity index (χ4n) is 4.31. The first-order chi connectivity index (χ1) is 21.8. The number of aromatic hydroxyl groups is 1. The summed E-state index contributed by atoms with van der Waals surface area (Å²) < 4.78 is 12.6. The molecule has 0 spiro atoms. The van der Waals surface area contributed by atoms with E-state index in [1.165, 1.54) is 19.1 Å². The van der Waals surface area contributed by atoms with Crippen LogP contribution >= 0.6 is 0 Å². The first-order valence-electron chi connectivity index (χ1n) is 15.0. The SMILES string of the molecule is CC(=O)N[C@@H](Cc1ccc(O)cc1)C(=O)N[C@H](CC(C)C)C(=O)N[C@@H](CC(=O)O)C(=O)NCCOCCOCCn1cc(C)nn1. The number of ether oxygens (including phenoxy) is 2. The largest absolute Gasteiger partial charge is 0.508 e. The van der Waals surface area contributed by atoms with Gasteiger partial charge in [0.05, 0.1) is 45.1 Å². The Bertz CT molecular complexity index is 1280. The second-order valence-electron chi connectivity index (χ2n) is 11.1. The number of benzene rings is 1. The zero-order chi connectivity index (χ0) is 34.1. The van der Waals surface area contributed by atoms with E-state index >= 15 is 0 Å². The van der Waals surface area contributed by atoms with Gasteiger partial charge in [0.1, 0.15) is 23.9 Å². The molecule has 6 N–H and O–H groups in total. The van der Waals surface area contributed by atoms with Crippen LogP contribution in [0, 0.1) is 12.8 Å². The Balaban J connectivity index is 1.89. The summed E-state index contributed by atoms with van der Waals surface area (Å²) in [5.41, 5.74) is 1.47. The van der Waals surface area contributed by atoms with Gasteiger partial charge in [-0.25, -0.2) is 4.68 Å². The van der Waals surface area contributed by atoms with E-state index in [-0.39, 0.29) is 44.3 Å². The highest BCUT2D eigenvalue weighted by molar-refractivity contribution is 5.95. The Hall–Kier alpha value is -4.57. The molecule has 1 aromatic carbocycles. The van der Waals surface area contributed by atoms with Crippen molar-refractivity contribution >= 4 is 29.6 Å². The molecule has 1 heterocycles. The molecule has 2 rings (SSSR count). The molecule has 2 aromatic rings. The number of carboxylic acid groups (broad SMARTS) is 1. The van der Waals surface area contributed by atoms with E-state index in [9.17, 15) is 34.2 Å². The molecule has 0 unspecified atom stereocenters. The van der Waals surface area contributed by atoms with Gasteiger partial charge >= 0.3 is 5.97 Å². The van der Waals surface area contributed by atoms with Gasteiger partial charge in [-0.1, -0.05) is 31.2 Å². The molecular formula is C30H45N7O9. The molecule has 0 radical (unpaired) electrons. The molecule has 0 aliphatic heterocycles. The second kappa shape index (κ2) is 19.7. The highest BCUT2D eigenvalue weighted by atomic mass is 16.5. The molecule has 0 fully saturated rings. The first-order valence-corrected chi connectivity index (χ1v) is 15.0. The smallest absolute Gasteiger partial charge is 0.305 e. The lowest BCUT2D eigenvalue weighted by molar-refractivity contribution is -0.141. The lowest BCUT2D eigenvalue weighted by Crippen LogP contribution is -2.57. The third kappa shape index (κ3) is 14.9. The van der Waals surface area contributed by atoms with E-state index in [0.717, 1.165) is 5.69 Å². The molecule has 0 aliphatic rings. The van der Waals surface area contributed by atoms with Gasteiger partial charge in [-0.05, 0) is 37.0 Å². The van der Waals surface area contributed by atoms with Crippen LogP contribution in [0.15, 0.2) is 30.5 Å². The number of hydrogen-bond acceptors (Lipinski definition) is 10. The van der Waals surface area contributed by atoms with E-state index in [1.807, 2.05) is 20.8 Å². The molecule has 16 nitrogen and oxygen atoms in total. The number of phenols is 1. The molecule has 4 amide bonds. The maximum Gasteiger partial charge on any atom is 0.305 e. The van der Waals surface area contributed by atoms with Crippen molar-refractivity contribution in [2.45, 2.75) is 71.6 Å². The Kier molecular flexibility index (Phi) is 16.1. The molecule has 46 heavy (non-hydrogen) atoms. The van der Waals surface area contributed by atoms with Gasteiger partial charge in [-0.15, -0.1) is 5.10 Å². The summed E-state index contributed by atoms with van der Waals surface area (Å²) in [7, 11) is 0. The Morgan fingerprint density at radius 2 is 1.50 bits per heavy atom. The number of rotatable bonds is 21. The summed E-state index contributed by atoms with van der Waals surface area (Å²) in [6.07, 6.45) is 1.38. The Morgan fingerprint density at radius 1 is 0.870 bits per heavy atom. The molecule has 254 valence electrons. The summed E-state index contributed by atoms with van der Waals surface area (Å²) >= 11 is 0. The van der Waals surface area contributed by atoms with Crippen LogP contribution in [0.4, 0.5) is 0 Å². The number of nitrogens with zero attached hydrogens (tertiary/aromatic N) is 3. The van der Waals surface area contributed by atoms with Crippen LogP contribution in [0.1, 0.15) is 44.9 Å². The third-order valence-electron chi connectivity index (χ3n) is 6.46. The van der Waals surface area contributed by atoms with Crippen LogP contribution in [-0.4, -0.2) is 106 Å². The number of aromatic nitrogens is 3. The van der Waals surface area contributed by atoms with E-state index in [2.05, 4.69) is 31.6 Å². The predicted molar refractivity (Wildman–Crippen MR) is 164 cm³/mol. The lowest BCUT2D eigenvalue weighted by Gasteiger charge is -2.26. The summed E-state index contributed by atoms with van der Waals surface area (Å²) in [4.78, 5) is 62.7. The molecule has 16 heteroatoms. The fourth-order valence-corrected chi connectivity index (χ4v) is 4.31. The molecular weight excluding hydrogens is 602 g/mol. The number of carbonyl (C=O) groups excluding carboxylic acids is 4. The maximum absolute atomic E-state index is 13.3. The third-order valence-corrected chi connectivity index (χ3v) is 6.46. The van der Waals surface area contributed by atoms with Gasteiger partial charge < -0.3 is 41.0 Å². The number of phenolic OH excluding ortho intramolecular Hbond substituents is 1. The summed E-state index contributed by atoms with van der Waals surface area (Å²) in [5, 5.41) is 36.9. The normalized spacial score (nSPS) is 13.0. The summed E-state index contributed by atoms with van der Waals surface area (Å²) in [5.74, 6) is -3.90. The van der Waals surface area contributed by atoms with Crippen molar-refractivity contribution < 1.29 is 43.7 Å². The number of aliphatic carboxylic acids is 1. The van der Waals surface area contributed by atoms with Gasteiger partial charge in [-0.3, -0.25) is 24.0 Å². The Morgan fingerprint density at radius 3 is 2.09 bits per heavy atom. The average Bonchev–Trinajstić information content (AvgIpc) is 3.40. The zero-order valence-electron chi connectivity index (χ0n) is 26.7.